The van der Waals surface area contributed by atoms with Crippen molar-refractivity contribution in [3.05, 3.63) is 29.3 Å². The van der Waals surface area contributed by atoms with Gasteiger partial charge in [0, 0.05) is 0 Å². The van der Waals surface area contributed by atoms with Gasteiger partial charge in [-0.3, -0.25) is 4.72 Å². The number of rotatable bonds is 3. The smallest absolute Gasteiger partial charge is 0.317 e. The number of hydrogen-bond donors (Lipinski definition) is 2. The fraction of sp³-hybridized carbons (Fsp3) is 0.538. The summed E-state index contributed by atoms with van der Waals surface area (Å²) in [5, 5.41) is 2.47. The summed E-state index contributed by atoms with van der Waals surface area (Å²) >= 11 is 0. The normalized spacial score (nSPS) is 17.7. The highest BCUT2D eigenvalue weighted by Crippen LogP contribution is 2.32. The van der Waals surface area contributed by atoms with Crippen LogP contribution in [0.25, 0.3) is 0 Å². The molecular formula is C13H17F3N2O2S. The highest BCUT2D eigenvalue weighted by Gasteiger charge is 2.32. The molecule has 1 saturated heterocycles. The average molecular weight is 322 g/mol. The predicted molar refractivity (Wildman–Crippen MR) is 74.6 cm³/mol. The molecule has 1 aromatic rings. The molecule has 1 aliphatic rings. The first-order chi connectivity index (χ1) is 9.70. The zero-order chi connectivity index (χ0) is 15.7. The maximum absolute atomic E-state index is 12.7. The van der Waals surface area contributed by atoms with Crippen LogP contribution in [0.15, 0.2) is 18.2 Å². The molecule has 1 aromatic carbocycles. The first kappa shape index (κ1) is 16.1. The van der Waals surface area contributed by atoms with Crippen molar-refractivity contribution in [3.8, 4) is 0 Å². The minimum Gasteiger partial charge on any atom is -0.317 e. The molecule has 0 amide bonds. The van der Waals surface area contributed by atoms with Gasteiger partial charge in [0.1, 0.15) is 0 Å². The van der Waals surface area contributed by atoms with E-state index in [1.54, 1.807) is 6.92 Å². The Labute approximate surface area is 121 Å². The fourth-order valence-electron chi connectivity index (χ4n) is 2.25. The minimum absolute atomic E-state index is 0.0108. The van der Waals surface area contributed by atoms with Crippen LogP contribution >= 0.6 is 0 Å². The third kappa shape index (κ3) is 3.88. The number of aryl methyl sites for hydroxylation is 1. The standard InChI is InChI=1S/C13H17F3N2O2S/c1-9-2-3-10(13(14,15)16)8-12(9)18-21(19,20)11-4-6-17-7-5-11/h2-3,8,11,17-18H,4-7H2,1H3. The number of benzene rings is 1. The third-order valence-electron chi connectivity index (χ3n) is 3.54. The van der Waals surface area contributed by atoms with Crippen molar-refractivity contribution in [1.29, 1.82) is 0 Å². The Morgan fingerprint density at radius 2 is 1.86 bits per heavy atom. The van der Waals surface area contributed by atoms with Crippen molar-refractivity contribution in [1.82, 2.24) is 5.32 Å². The number of piperidine rings is 1. The molecule has 8 heteroatoms. The zero-order valence-electron chi connectivity index (χ0n) is 11.5. The van der Waals surface area contributed by atoms with E-state index in [1.165, 1.54) is 6.07 Å². The van der Waals surface area contributed by atoms with Crippen LogP contribution < -0.4 is 10.0 Å². The molecule has 0 saturated carbocycles. The van der Waals surface area contributed by atoms with Crippen molar-refractivity contribution < 1.29 is 21.6 Å². The lowest BCUT2D eigenvalue weighted by Crippen LogP contribution is -2.38. The van der Waals surface area contributed by atoms with E-state index in [0.717, 1.165) is 12.1 Å². The molecule has 1 heterocycles. The Morgan fingerprint density at radius 3 is 2.43 bits per heavy atom. The summed E-state index contributed by atoms with van der Waals surface area (Å²) in [5.74, 6) is 0. The zero-order valence-corrected chi connectivity index (χ0v) is 12.3. The molecule has 0 radical (unpaired) electrons. The molecule has 2 N–H and O–H groups in total. The van der Waals surface area contributed by atoms with Crippen LogP contribution in [-0.2, 0) is 16.2 Å². The van der Waals surface area contributed by atoms with Crippen LogP contribution in [0.5, 0.6) is 0 Å². The van der Waals surface area contributed by atoms with E-state index >= 15 is 0 Å². The molecule has 0 unspecified atom stereocenters. The van der Waals surface area contributed by atoms with Crippen molar-refractivity contribution in [2.45, 2.75) is 31.2 Å². The van der Waals surface area contributed by atoms with Gasteiger partial charge in [0.05, 0.1) is 16.5 Å². The van der Waals surface area contributed by atoms with Crippen molar-refractivity contribution >= 4 is 15.7 Å². The number of hydrogen-bond acceptors (Lipinski definition) is 3. The van der Waals surface area contributed by atoms with E-state index in [1.807, 2.05) is 0 Å². The van der Waals surface area contributed by atoms with E-state index in [4.69, 9.17) is 0 Å². The number of alkyl halides is 3. The van der Waals surface area contributed by atoms with Gasteiger partial charge in [0.15, 0.2) is 0 Å². The predicted octanol–water partition coefficient (Wildman–Crippen LogP) is 2.51. The van der Waals surface area contributed by atoms with Gasteiger partial charge in [-0.15, -0.1) is 0 Å². The molecule has 1 fully saturated rings. The van der Waals surface area contributed by atoms with Crippen LogP contribution in [-0.4, -0.2) is 26.8 Å². The summed E-state index contributed by atoms with van der Waals surface area (Å²) in [4.78, 5) is 0. The Kier molecular flexibility index (Phi) is 4.48. The summed E-state index contributed by atoms with van der Waals surface area (Å²) in [6.07, 6.45) is -3.59. The van der Waals surface area contributed by atoms with Gasteiger partial charge in [-0.05, 0) is 50.6 Å². The molecule has 4 nitrogen and oxygen atoms in total. The van der Waals surface area contributed by atoms with Gasteiger partial charge < -0.3 is 5.32 Å². The number of anilines is 1. The maximum atomic E-state index is 12.7. The minimum atomic E-state index is -4.50. The van der Waals surface area contributed by atoms with E-state index in [9.17, 15) is 21.6 Å². The van der Waals surface area contributed by atoms with Crippen LogP contribution in [0.3, 0.4) is 0 Å². The molecule has 0 atom stereocenters. The Morgan fingerprint density at radius 1 is 1.24 bits per heavy atom. The van der Waals surface area contributed by atoms with Gasteiger partial charge in [-0.25, -0.2) is 8.42 Å². The number of sulfonamides is 1. The maximum Gasteiger partial charge on any atom is 0.416 e. The Bertz CT molecular complexity index is 608. The van der Waals surface area contributed by atoms with Gasteiger partial charge in [0.2, 0.25) is 10.0 Å². The van der Waals surface area contributed by atoms with E-state index < -0.39 is 27.0 Å². The molecule has 118 valence electrons. The van der Waals surface area contributed by atoms with Crippen molar-refractivity contribution in [2.24, 2.45) is 0 Å². The summed E-state index contributed by atoms with van der Waals surface area (Å²) in [7, 11) is -3.68. The SMILES string of the molecule is Cc1ccc(C(F)(F)F)cc1NS(=O)(=O)C1CCNCC1. The quantitative estimate of drug-likeness (QED) is 0.899. The van der Waals surface area contributed by atoms with Gasteiger partial charge in [0.25, 0.3) is 0 Å². The van der Waals surface area contributed by atoms with Crippen LogP contribution in [0.2, 0.25) is 0 Å². The topological polar surface area (TPSA) is 58.2 Å². The summed E-state index contributed by atoms with van der Waals surface area (Å²) < 4.78 is 64.9. The first-order valence-electron chi connectivity index (χ1n) is 6.60. The van der Waals surface area contributed by atoms with Crippen molar-refractivity contribution in [2.75, 3.05) is 17.8 Å². The molecule has 0 aromatic heterocycles. The van der Waals surface area contributed by atoms with Gasteiger partial charge >= 0.3 is 6.18 Å². The molecule has 0 spiro atoms. The molecular weight excluding hydrogens is 305 g/mol. The fourth-order valence-corrected chi connectivity index (χ4v) is 3.80. The largest absolute Gasteiger partial charge is 0.416 e. The van der Waals surface area contributed by atoms with Gasteiger partial charge in [-0.1, -0.05) is 6.07 Å². The third-order valence-corrected chi connectivity index (χ3v) is 5.40. The van der Waals surface area contributed by atoms with Crippen LogP contribution in [0, 0.1) is 6.92 Å². The van der Waals surface area contributed by atoms with E-state index in [-0.39, 0.29) is 5.69 Å². The summed E-state index contributed by atoms with van der Waals surface area (Å²) in [6, 6.07) is 3.05. The first-order valence-corrected chi connectivity index (χ1v) is 8.15. The Hall–Kier alpha value is -1.28. The second-order valence-electron chi connectivity index (χ2n) is 5.12. The highest BCUT2D eigenvalue weighted by atomic mass is 32.2. The van der Waals surface area contributed by atoms with Gasteiger partial charge in [-0.2, -0.15) is 13.2 Å². The molecule has 21 heavy (non-hydrogen) atoms. The molecule has 0 aliphatic carbocycles. The van der Waals surface area contributed by atoms with E-state index in [2.05, 4.69) is 10.0 Å². The second-order valence-corrected chi connectivity index (χ2v) is 7.08. The lowest BCUT2D eigenvalue weighted by Gasteiger charge is -2.24. The average Bonchev–Trinajstić information content (AvgIpc) is 2.41. The van der Waals surface area contributed by atoms with Crippen molar-refractivity contribution in [3.63, 3.8) is 0 Å². The number of halogens is 3. The summed E-state index contributed by atoms with van der Waals surface area (Å²) in [5.41, 5.74) is -0.417. The lowest BCUT2D eigenvalue weighted by molar-refractivity contribution is -0.137. The number of nitrogens with one attached hydrogen (secondary N) is 2. The summed E-state index contributed by atoms with van der Waals surface area (Å²) in [6.45, 7) is 2.75. The van der Waals surface area contributed by atoms with Crippen LogP contribution in [0.1, 0.15) is 24.0 Å². The monoisotopic (exact) mass is 322 g/mol. The molecule has 1 aliphatic heterocycles. The lowest BCUT2D eigenvalue weighted by atomic mass is 10.1. The molecule has 2 rings (SSSR count). The van der Waals surface area contributed by atoms with Crippen LogP contribution in [0.4, 0.5) is 18.9 Å². The highest BCUT2D eigenvalue weighted by molar-refractivity contribution is 7.93. The van der Waals surface area contributed by atoms with E-state index in [0.29, 0.717) is 31.5 Å². The molecule has 0 bridgehead atoms. The Balaban J connectivity index is 2.26. The second kappa shape index (κ2) is 5.84.